The average Bonchev–Trinajstić information content (AvgIpc) is 2.87. The summed E-state index contributed by atoms with van der Waals surface area (Å²) in [6.07, 6.45) is 0. The summed E-state index contributed by atoms with van der Waals surface area (Å²) >= 11 is 5.53. The van der Waals surface area contributed by atoms with Crippen molar-refractivity contribution in [2.24, 2.45) is 0 Å². The lowest BCUT2D eigenvalue weighted by Gasteiger charge is -2.13. The maximum atomic E-state index is 13.1. The molecule has 27 heavy (non-hydrogen) atoms. The number of hydrogen-bond acceptors (Lipinski definition) is 6. The van der Waals surface area contributed by atoms with Crippen molar-refractivity contribution in [2.75, 3.05) is 6.54 Å². The second-order valence-corrected chi connectivity index (χ2v) is 7.49. The van der Waals surface area contributed by atoms with Gasteiger partial charge in [0.2, 0.25) is 10.0 Å². The number of hydroxylamine groups is 2. The zero-order valence-corrected chi connectivity index (χ0v) is 14.9. The Morgan fingerprint density at radius 3 is 2.26 bits per heavy atom. The summed E-state index contributed by atoms with van der Waals surface area (Å²) in [6, 6.07) is 8.55. The van der Waals surface area contributed by atoms with Gasteiger partial charge in [0.25, 0.3) is 11.8 Å². The van der Waals surface area contributed by atoms with Crippen LogP contribution in [0.4, 0.5) is 4.39 Å². The number of nitrogens with one attached hydrogen (secondary N) is 1. The molecule has 0 spiro atoms. The smallest absolute Gasteiger partial charge is 0.328 e. The number of imide groups is 1. The third-order valence-electron chi connectivity index (χ3n) is 3.56. The Balaban J connectivity index is 1.66. The van der Waals surface area contributed by atoms with Crippen molar-refractivity contribution in [2.45, 2.75) is 4.90 Å². The predicted octanol–water partition coefficient (Wildman–Crippen LogP) is 1.51. The van der Waals surface area contributed by atoms with Gasteiger partial charge in [-0.1, -0.05) is 28.8 Å². The monoisotopic (exact) mass is 412 g/mol. The molecule has 3 rings (SSSR count). The van der Waals surface area contributed by atoms with Crippen molar-refractivity contribution < 1.29 is 32.0 Å². The molecule has 0 bridgehead atoms. The molecule has 1 N–H and O–H groups in total. The quantitative estimate of drug-likeness (QED) is 0.745. The molecule has 0 atom stereocenters. The number of nitrogens with zero attached hydrogens (tertiary/aromatic N) is 1. The molecule has 0 unspecified atom stereocenters. The van der Waals surface area contributed by atoms with Crippen LogP contribution in [0.1, 0.15) is 20.7 Å². The molecule has 0 saturated heterocycles. The first-order valence-electron chi connectivity index (χ1n) is 7.34. The first kappa shape index (κ1) is 19.0. The highest BCUT2D eigenvalue weighted by Gasteiger charge is 2.38. The van der Waals surface area contributed by atoms with E-state index in [1.807, 2.05) is 4.72 Å². The van der Waals surface area contributed by atoms with Crippen molar-refractivity contribution in [3.63, 3.8) is 0 Å². The number of hydrogen-bond donors (Lipinski definition) is 1. The third kappa shape index (κ3) is 3.68. The van der Waals surface area contributed by atoms with Gasteiger partial charge < -0.3 is 4.84 Å². The minimum absolute atomic E-state index is 0.0665. The molecule has 2 aromatic rings. The molecule has 1 aliphatic heterocycles. The maximum Gasteiger partial charge on any atom is 0.347 e. The Kier molecular flexibility index (Phi) is 4.96. The molecule has 1 aliphatic rings. The first-order chi connectivity index (χ1) is 12.7. The molecular weight excluding hydrogens is 403 g/mol. The number of rotatable bonds is 5. The Labute approximate surface area is 157 Å². The van der Waals surface area contributed by atoms with Crippen LogP contribution in [0.2, 0.25) is 5.02 Å². The molecule has 0 aromatic heterocycles. The van der Waals surface area contributed by atoms with E-state index in [2.05, 4.69) is 4.84 Å². The van der Waals surface area contributed by atoms with Crippen molar-refractivity contribution >= 4 is 39.4 Å². The number of benzene rings is 2. The summed E-state index contributed by atoms with van der Waals surface area (Å²) in [4.78, 5) is 40.3. The van der Waals surface area contributed by atoms with E-state index in [9.17, 15) is 27.2 Å². The molecule has 0 fully saturated rings. The van der Waals surface area contributed by atoms with Gasteiger partial charge in [0, 0.05) is 0 Å². The lowest BCUT2D eigenvalue weighted by Crippen LogP contribution is -2.38. The third-order valence-corrected chi connectivity index (χ3v) is 5.25. The van der Waals surface area contributed by atoms with Crippen LogP contribution in [-0.2, 0) is 19.7 Å². The van der Waals surface area contributed by atoms with Gasteiger partial charge in [-0.2, -0.15) is 4.72 Å². The van der Waals surface area contributed by atoms with Crippen molar-refractivity contribution in [3.05, 3.63) is 64.4 Å². The minimum Gasteiger partial charge on any atom is -0.328 e. The summed E-state index contributed by atoms with van der Waals surface area (Å²) in [5, 5.41) is -0.151. The molecule has 0 aliphatic carbocycles. The Bertz CT molecular complexity index is 1040. The largest absolute Gasteiger partial charge is 0.347 e. The van der Waals surface area contributed by atoms with E-state index in [4.69, 9.17) is 11.6 Å². The molecule has 0 radical (unpaired) electrons. The van der Waals surface area contributed by atoms with Crippen molar-refractivity contribution in [3.8, 4) is 0 Å². The molecule has 2 amide bonds. The van der Waals surface area contributed by atoms with Crippen LogP contribution in [0.15, 0.2) is 47.4 Å². The van der Waals surface area contributed by atoms with E-state index in [0.29, 0.717) is 0 Å². The molecule has 140 valence electrons. The van der Waals surface area contributed by atoms with E-state index in [1.54, 1.807) is 0 Å². The minimum atomic E-state index is -4.20. The highest BCUT2D eigenvalue weighted by molar-refractivity contribution is 7.89. The van der Waals surface area contributed by atoms with Gasteiger partial charge in [-0.05, 0) is 30.3 Å². The number of halogens is 2. The number of carbonyl (C=O) groups is 3. The highest BCUT2D eigenvalue weighted by atomic mass is 35.5. The molecule has 2 aromatic carbocycles. The number of fused-ring (bicyclic) bond motifs is 1. The fourth-order valence-electron chi connectivity index (χ4n) is 2.27. The van der Waals surface area contributed by atoms with Crippen LogP contribution in [0, 0.1) is 5.82 Å². The summed E-state index contributed by atoms with van der Waals surface area (Å²) in [7, 11) is -4.20. The maximum absolute atomic E-state index is 13.1. The van der Waals surface area contributed by atoms with Gasteiger partial charge in [-0.15, -0.1) is 0 Å². The average molecular weight is 413 g/mol. The van der Waals surface area contributed by atoms with Crippen LogP contribution < -0.4 is 4.72 Å². The Morgan fingerprint density at radius 1 is 1.11 bits per heavy atom. The van der Waals surface area contributed by atoms with Gasteiger partial charge in [-0.3, -0.25) is 9.59 Å². The van der Waals surface area contributed by atoms with Crippen molar-refractivity contribution in [1.29, 1.82) is 0 Å². The van der Waals surface area contributed by atoms with Gasteiger partial charge in [-0.25, -0.2) is 17.6 Å². The topological polar surface area (TPSA) is 110 Å². The van der Waals surface area contributed by atoms with E-state index < -0.39 is 45.2 Å². The fraction of sp³-hybridized carbons (Fsp3) is 0.0625. The van der Waals surface area contributed by atoms with Crippen LogP contribution in [0.5, 0.6) is 0 Å². The van der Waals surface area contributed by atoms with Crippen molar-refractivity contribution in [1.82, 2.24) is 9.79 Å². The summed E-state index contributed by atoms with van der Waals surface area (Å²) < 4.78 is 39.2. The second kappa shape index (κ2) is 7.06. The molecular formula is C16H10ClFN2O6S. The Morgan fingerprint density at radius 2 is 1.70 bits per heavy atom. The fourth-order valence-corrected chi connectivity index (χ4v) is 3.51. The van der Waals surface area contributed by atoms with Gasteiger partial charge in [0.1, 0.15) is 12.4 Å². The van der Waals surface area contributed by atoms with Crippen LogP contribution in [0.3, 0.4) is 0 Å². The zero-order chi connectivity index (χ0) is 19.8. The lowest BCUT2D eigenvalue weighted by atomic mass is 10.1. The highest BCUT2D eigenvalue weighted by Crippen LogP contribution is 2.23. The van der Waals surface area contributed by atoms with Crippen LogP contribution in [0.25, 0.3) is 0 Å². The second-order valence-electron chi connectivity index (χ2n) is 5.31. The summed E-state index contributed by atoms with van der Waals surface area (Å²) in [5.74, 6) is -3.67. The van der Waals surface area contributed by atoms with Crippen LogP contribution in [-0.4, -0.2) is 37.8 Å². The van der Waals surface area contributed by atoms with E-state index in [1.165, 1.54) is 24.3 Å². The summed E-state index contributed by atoms with van der Waals surface area (Å²) in [5.41, 5.74) is 0.133. The van der Waals surface area contributed by atoms with E-state index >= 15 is 0 Å². The lowest BCUT2D eigenvalue weighted by molar-refractivity contribution is -0.166. The number of carbonyl (C=O) groups excluding carboxylic acids is 3. The first-order valence-corrected chi connectivity index (χ1v) is 9.20. The molecule has 1 heterocycles. The Hall–Kier alpha value is -2.82. The standard InChI is InChI=1S/C16H10ClFN2O6S/c17-12-7-9(5-6-13(12)18)27(24,25)19-8-14(21)26-20-15(22)10-3-1-2-4-11(10)16(20)23/h1-7,19H,8H2. The van der Waals surface area contributed by atoms with E-state index in [-0.39, 0.29) is 21.1 Å². The predicted molar refractivity (Wildman–Crippen MR) is 89.6 cm³/mol. The van der Waals surface area contributed by atoms with Crippen LogP contribution >= 0.6 is 11.6 Å². The SMILES string of the molecule is O=C(CNS(=O)(=O)c1ccc(F)c(Cl)c1)ON1C(=O)c2ccccc2C1=O. The van der Waals surface area contributed by atoms with E-state index in [0.717, 1.165) is 18.2 Å². The number of sulfonamides is 1. The summed E-state index contributed by atoms with van der Waals surface area (Å²) in [6.45, 7) is -0.870. The number of amides is 2. The van der Waals surface area contributed by atoms with Gasteiger partial charge in [0.15, 0.2) is 0 Å². The zero-order valence-electron chi connectivity index (χ0n) is 13.3. The van der Waals surface area contributed by atoms with Gasteiger partial charge >= 0.3 is 5.97 Å². The molecule has 8 nitrogen and oxygen atoms in total. The normalized spacial score (nSPS) is 13.6. The molecule has 11 heteroatoms. The van der Waals surface area contributed by atoms with Gasteiger partial charge in [0.05, 0.1) is 21.0 Å². The molecule has 0 saturated carbocycles.